The number of nitrogens with zero attached hydrogens (tertiary/aromatic N) is 1. The van der Waals surface area contributed by atoms with Crippen molar-refractivity contribution in [1.29, 1.82) is 0 Å². The quantitative estimate of drug-likeness (QED) is 0.821. The van der Waals surface area contributed by atoms with Crippen molar-refractivity contribution < 1.29 is 0 Å². The standard InChI is InChI=1S/C16H27BrN2/c1-6-16(7-2,19(4)5)15(18-3)12-13-10-8-9-11-14(13)17/h8-11,15,18H,6-7,12H2,1-5H3. The fourth-order valence-corrected chi connectivity index (χ4v) is 3.58. The van der Waals surface area contributed by atoms with Crippen LogP contribution in [0.1, 0.15) is 32.3 Å². The zero-order valence-corrected chi connectivity index (χ0v) is 14.4. The summed E-state index contributed by atoms with van der Waals surface area (Å²) >= 11 is 3.66. The minimum Gasteiger partial charge on any atom is -0.315 e. The predicted octanol–water partition coefficient (Wildman–Crippen LogP) is 3.70. The summed E-state index contributed by atoms with van der Waals surface area (Å²) in [6.07, 6.45) is 3.33. The van der Waals surface area contributed by atoms with Gasteiger partial charge in [-0.15, -0.1) is 0 Å². The van der Waals surface area contributed by atoms with Crippen LogP contribution in [-0.4, -0.2) is 37.6 Å². The molecule has 1 rings (SSSR count). The Labute approximate surface area is 126 Å². The third-order valence-corrected chi connectivity index (χ3v) is 5.27. The van der Waals surface area contributed by atoms with Crippen molar-refractivity contribution in [3.05, 3.63) is 34.3 Å². The third kappa shape index (κ3) is 3.59. The zero-order valence-electron chi connectivity index (χ0n) is 12.8. The van der Waals surface area contributed by atoms with Gasteiger partial charge in [-0.05, 0) is 52.0 Å². The maximum atomic E-state index is 3.66. The van der Waals surface area contributed by atoms with Crippen molar-refractivity contribution in [3.8, 4) is 0 Å². The maximum absolute atomic E-state index is 3.66. The van der Waals surface area contributed by atoms with E-state index in [0.29, 0.717) is 6.04 Å². The van der Waals surface area contributed by atoms with Gasteiger partial charge >= 0.3 is 0 Å². The van der Waals surface area contributed by atoms with Gasteiger partial charge in [-0.3, -0.25) is 0 Å². The lowest BCUT2D eigenvalue weighted by atomic mass is 9.80. The Morgan fingerprint density at radius 3 is 2.21 bits per heavy atom. The highest BCUT2D eigenvalue weighted by molar-refractivity contribution is 9.10. The molecule has 0 amide bonds. The second kappa shape index (κ2) is 7.41. The molecule has 2 nitrogen and oxygen atoms in total. The first kappa shape index (κ1) is 16.7. The highest BCUT2D eigenvalue weighted by atomic mass is 79.9. The number of likely N-dealkylation sites (N-methyl/N-ethyl adjacent to an activating group) is 2. The molecule has 19 heavy (non-hydrogen) atoms. The van der Waals surface area contributed by atoms with Crippen LogP contribution < -0.4 is 5.32 Å². The topological polar surface area (TPSA) is 15.3 Å². The molecule has 1 unspecified atom stereocenters. The molecule has 0 aromatic heterocycles. The molecule has 3 heteroatoms. The van der Waals surface area contributed by atoms with E-state index in [2.05, 4.69) is 85.4 Å². The van der Waals surface area contributed by atoms with Crippen LogP contribution in [0.2, 0.25) is 0 Å². The molecular weight excluding hydrogens is 300 g/mol. The summed E-state index contributed by atoms with van der Waals surface area (Å²) in [5.41, 5.74) is 1.57. The summed E-state index contributed by atoms with van der Waals surface area (Å²) < 4.78 is 1.20. The van der Waals surface area contributed by atoms with Gasteiger partial charge in [0.2, 0.25) is 0 Å². The summed E-state index contributed by atoms with van der Waals surface area (Å²) in [5, 5.41) is 3.54. The summed E-state index contributed by atoms with van der Waals surface area (Å²) in [6, 6.07) is 8.96. The van der Waals surface area contributed by atoms with Gasteiger partial charge in [0, 0.05) is 16.1 Å². The van der Waals surface area contributed by atoms with Crippen molar-refractivity contribution in [1.82, 2.24) is 10.2 Å². The molecule has 0 aliphatic heterocycles. The van der Waals surface area contributed by atoms with E-state index in [1.165, 1.54) is 10.0 Å². The molecular formula is C16H27BrN2. The highest BCUT2D eigenvalue weighted by Gasteiger charge is 2.37. The second-order valence-corrected chi connectivity index (χ2v) is 6.20. The van der Waals surface area contributed by atoms with Gasteiger partial charge in [0.05, 0.1) is 0 Å². The molecule has 0 fully saturated rings. The summed E-state index contributed by atoms with van der Waals surface area (Å²) in [4.78, 5) is 2.38. The van der Waals surface area contributed by atoms with Crippen LogP contribution in [0.3, 0.4) is 0 Å². The molecule has 0 heterocycles. The number of hydrogen-bond donors (Lipinski definition) is 1. The minimum atomic E-state index is 0.198. The normalized spacial score (nSPS) is 13.8. The largest absolute Gasteiger partial charge is 0.315 e. The zero-order chi connectivity index (χ0) is 14.5. The molecule has 0 aliphatic rings. The molecule has 0 saturated heterocycles. The Kier molecular flexibility index (Phi) is 6.51. The molecule has 1 N–H and O–H groups in total. The van der Waals surface area contributed by atoms with E-state index in [4.69, 9.17) is 0 Å². The Hall–Kier alpha value is -0.380. The number of rotatable bonds is 7. The van der Waals surface area contributed by atoms with Gasteiger partial charge in [-0.2, -0.15) is 0 Å². The third-order valence-electron chi connectivity index (χ3n) is 4.49. The van der Waals surface area contributed by atoms with Gasteiger partial charge < -0.3 is 10.2 Å². The Morgan fingerprint density at radius 1 is 1.21 bits per heavy atom. The van der Waals surface area contributed by atoms with Crippen molar-refractivity contribution in [2.45, 2.75) is 44.7 Å². The van der Waals surface area contributed by atoms with Gasteiger partial charge in [0.1, 0.15) is 0 Å². The van der Waals surface area contributed by atoms with E-state index in [9.17, 15) is 0 Å². The van der Waals surface area contributed by atoms with E-state index in [0.717, 1.165) is 19.3 Å². The fraction of sp³-hybridized carbons (Fsp3) is 0.625. The van der Waals surface area contributed by atoms with E-state index in [1.807, 2.05) is 0 Å². The van der Waals surface area contributed by atoms with Gasteiger partial charge in [-0.1, -0.05) is 48.0 Å². The Bertz CT molecular complexity index is 386. The van der Waals surface area contributed by atoms with Crippen molar-refractivity contribution >= 4 is 15.9 Å². The smallest absolute Gasteiger partial charge is 0.0354 e. The van der Waals surface area contributed by atoms with Crippen LogP contribution in [0.15, 0.2) is 28.7 Å². The fourth-order valence-electron chi connectivity index (χ4n) is 3.13. The van der Waals surface area contributed by atoms with E-state index < -0.39 is 0 Å². The van der Waals surface area contributed by atoms with Gasteiger partial charge in [0.15, 0.2) is 0 Å². The molecule has 1 aromatic rings. The van der Waals surface area contributed by atoms with E-state index in [1.54, 1.807) is 0 Å². The minimum absolute atomic E-state index is 0.198. The summed E-state index contributed by atoms with van der Waals surface area (Å²) in [6.45, 7) is 4.57. The van der Waals surface area contributed by atoms with Gasteiger partial charge in [0.25, 0.3) is 0 Å². The number of halogens is 1. The van der Waals surface area contributed by atoms with Crippen LogP contribution in [-0.2, 0) is 6.42 Å². The lowest BCUT2D eigenvalue weighted by molar-refractivity contribution is 0.0917. The van der Waals surface area contributed by atoms with Crippen LogP contribution in [0.4, 0.5) is 0 Å². The first-order valence-electron chi connectivity index (χ1n) is 7.09. The molecule has 0 radical (unpaired) electrons. The molecule has 0 aliphatic carbocycles. The van der Waals surface area contributed by atoms with Crippen molar-refractivity contribution in [2.24, 2.45) is 0 Å². The van der Waals surface area contributed by atoms with E-state index >= 15 is 0 Å². The van der Waals surface area contributed by atoms with Crippen LogP contribution in [0.5, 0.6) is 0 Å². The highest BCUT2D eigenvalue weighted by Crippen LogP contribution is 2.29. The van der Waals surface area contributed by atoms with Crippen LogP contribution >= 0.6 is 15.9 Å². The summed E-state index contributed by atoms with van der Waals surface area (Å²) in [5.74, 6) is 0. The second-order valence-electron chi connectivity index (χ2n) is 5.34. The Balaban J connectivity index is 3.02. The van der Waals surface area contributed by atoms with Crippen molar-refractivity contribution in [2.75, 3.05) is 21.1 Å². The predicted molar refractivity (Wildman–Crippen MR) is 87.7 cm³/mol. The lowest BCUT2D eigenvalue weighted by Crippen LogP contribution is -2.58. The van der Waals surface area contributed by atoms with Crippen LogP contribution in [0.25, 0.3) is 0 Å². The molecule has 0 saturated carbocycles. The van der Waals surface area contributed by atoms with Crippen molar-refractivity contribution in [3.63, 3.8) is 0 Å². The molecule has 0 spiro atoms. The average molecular weight is 327 g/mol. The monoisotopic (exact) mass is 326 g/mol. The number of hydrogen-bond acceptors (Lipinski definition) is 2. The van der Waals surface area contributed by atoms with Crippen LogP contribution in [0, 0.1) is 0 Å². The first-order valence-corrected chi connectivity index (χ1v) is 7.89. The lowest BCUT2D eigenvalue weighted by Gasteiger charge is -2.45. The average Bonchev–Trinajstić information content (AvgIpc) is 2.41. The molecule has 108 valence electrons. The number of benzene rings is 1. The Morgan fingerprint density at radius 2 is 1.79 bits per heavy atom. The number of nitrogens with one attached hydrogen (secondary N) is 1. The molecule has 0 bridgehead atoms. The van der Waals surface area contributed by atoms with E-state index in [-0.39, 0.29) is 5.54 Å². The molecule has 1 atom stereocenters. The first-order chi connectivity index (χ1) is 9.01. The van der Waals surface area contributed by atoms with Gasteiger partial charge in [-0.25, -0.2) is 0 Å². The maximum Gasteiger partial charge on any atom is 0.0354 e. The summed E-state index contributed by atoms with van der Waals surface area (Å²) in [7, 11) is 6.46. The molecule has 1 aromatic carbocycles. The SMILES string of the molecule is CCC(CC)(C(Cc1ccccc1Br)NC)N(C)C.